The maximum Gasteiger partial charge on any atom is 0.221 e. The highest BCUT2D eigenvalue weighted by molar-refractivity contribution is 6.22. The molecule has 30 heavy (non-hydrogen) atoms. The molecule has 1 saturated carbocycles. The molecule has 3 unspecified atom stereocenters. The van der Waals surface area contributed by atoms with Gasteiger partial charge in [-0.05, 0) is 49.3 Å². The number of aliphatic hydroxyl groups excluding tert-OH is 2. The minimum Gasteiger partial charge on any atom is -0.511 e. The lowest BCUT2D eigenvalue weighted by Crippen LogP contribution is -2.43. The van der Waals surface area contributed by atoms with Gasteiger partial charge in [0.2, 0.25) is 5.91 Å². The topological polar surface area (TPSA) is 141 Å². The van der Waals surface area contributed by atoms with Crippen LogP contribution in [0.25, 0.3) is 5.76 Å². The minimum absolute atomic E-state index is 0.0363. The summed E-state index contributed by atoms with van der Waals surface area (Å²) in [5, 5.41) is 34.5. The van der Waals surface area contributed by atoms with E-state index in [0.29, 0.717) is 17.7 Å². The summed E-state index contributed by atoms with van der Waals surface area (Å²) in [5.41, 5.74) is 0.727. The first kappa shape index (κ1) is 19.9. The van der Waals surface area contributed by atoms with Crippen molar-refractivity contribution in [1.82, 2.24) is 0 Å². The summed E-state index contributed by atoms with van der Waals surface area (Å²) in [6.07, 6.45) is 0.572. The van der Waals surface area contributed by atoms with Crippen LogP contribution in [0, 0.1) is 17.8 Å². The molecule has 3 aliphatic rings. The number of phenols is 1. The fraction of sp³-hybridized carbons (Fsp3) is 0.364. The van der Waals surface area contributed by atoms with Crippen LogP contribution >= 0.6 is 0 Å². The van der Waals surface area contributed by atoms with E-state index in [-0.39, 0.29) is 41.2 Å². The van der Waals surface area contributed by atoms with Crippen molar-refractivity contribution in [3.8, 4) is 5.75 Å². The molecule has 4 rings (SSSR count). The molecule has 0 aromatic heterocycles. The lowest BCUT2D eigenvalue weighted by Gasteiger charge is -2.41. The number of nitrogens with one attached hydrogen (secondary N) is 1. The summed E-state index contributed by atoms with van der Waals surface area (Å²) in [5.74, 6) is -5.13. The molecule has 1 aromatic carbocycles. The number of hydrogen-bond donors (Lipinski definition) is 4. The first-order valence-electron chi connectivity index (χ1n) is 9.69. The second-order valence-electron chi connectivity index (χ2n) is 8.11. The Morgan fingerprint density at radius 2 is 1.77 bits per heavy atom. The fourth-order valence-electron chi connectivity index (χ4n) is 5.06. The summed E-state index contributed by atoms with van der Waals surface area (Å²) in [4.78, 5) is 49.0. The van der Waals surface area contributed by atoms with E-state index in [0.717, 1.165) is 6.92 Å². The molecule has 8 nitrogen and oxygen atoms in total. The van der Waals surface area contributed by atoms with Gasteiger partial charge in [-0.2, -0.15) is 0 Å². The molecule has 1 aromatic rings. The molecule has 156 valence electrons. The molecule has 0 spiro atoms. The number of hydrogen-bond acceptors (Lipinski definition) is 7. The number of allylic oxidation sites excluding steroid dienone is 3. The van der Waals surface area contributed by atoms with Gasteiger partial charge in [0.15, 0.2) is 17.3 Å². The van der Waals surface area contributed by atoms with E-state index >= 15 is 0 Å². The van der Waals surface area contributed by atoms with E-state index in [1.165, 1.54) is 19.1 Å². The maximum absolute atomic E-state index is 13.3. The van der Waals surface area contributed by atoms with Gasteiger partial charge >= 0.3 is 0 Å². The van der Waals surface area contributed by atoms with Crippen LogP contribution in [-0.2, 0) is 25.6 Å². The molecule has 0 saturated heterocycles. The third-order valence-electron chi connectivity index (χ3n) is 6.19. The number of rotatable bonds is 2. The predicted molar refractivity (Wildman–Crippen MR) is 106 cm³/mol. The number of aromatic hydroxyl groups is 1. The number of carbonyl (C=O) groups is 4. The van der Waals surface area contributed by atoms with Gasteiger partial charge in [0, 0.05) is 24.6 Å². The molecule has 1 fully saturated rings. The van der Waals surface area contributed by atoms with Gasteiger partial charge in [-0.3, -0.25) is 19.2 Å². The van der Waals surface area contributed by atoms with Crippen LogP contribution in [0.3, 0.4) is 0 Å². The van der Waals surface area contributed by atoms with Gasteiger partial charge in [0.25, 0.3) is 0 Å². The second-order valence-corrected chi connectivity index (χ2v) is 8.11. The summed E-state index contributed by atoms with van der Waals surface area (Å²) < 4.78 is 0. The predicted octanol–water partition coefficient (Wildman–Crippen LogP) is 2.37. The second kappa shape index (κ2) is 6.83. The van der Waals surface area contributed by atoms with Gasteiger partial charge in [0.05, 0.1) is 17.1 Å². The zero-order valence-corrected chi connectivity index (χ0v) is 16.5. The smallest absolute Gasteiger partial charge is 0.221 e. The van der Waals surface area contributed by atoms with Crippen molar-refractivity contribution in [2.24, 2.45) is 17.8 Å². The van der Waals surface area contributed by atoms with Gasteiger partial charge in [-0.1, -0.05) is 0 Å². The zero-order valence-electron chi connectivity index (χ0n) is 16.5. The van der Waals surface area contributed by atoms with Crippen LogP contribution in [0.1, 0.15) is 37.8 Å². The van der Waals surface area contributed by atoms with E-state index < -0.39 is 46.6 Å². The normalized spacial score (nSPS) is 25.5. The molecule has 8 heteroatoms. The average molecular weight is 411 g/mol. The van der Waals surface area contributed by atoms with Gasteiger partial charge < -0.3 is 20.6 Å². The number of carbonyl (C=O) groups excluding carboxylic acids is 4. The monoisotopic (exact) mass is 411 g/mol. The first-order chi connectivity index (χ1) is 14.1. The van der Waals surface area contributed by atoms with Gasteiger partial charge in [-0.25, -0.2) is 0 Å². The Bertz CT molecular complexity index is 1090. The summed E-state index contributed by atoms with van der Waals surface area (Å²) in [6, 6.07) is 2.85. The Hall–Kier alpha value is -3.42. The number of phenolic OH excluding ortho intramolecular Hbond substituents is 1. The summed E-state index contributed by atoms with van der Waals surface area (Å²) in [6.45, 7) is 2.50. The van der Waals surface area contributed by atoms with Crippen molar-refractivity contribution < 1.29 is 34.5 Å². The average Bonchev–Trinajstić information content (AvgIpc) is 2.62. The number of ketones is 3. The van der Waals surface area contributed by atoms with Crippen LogP contribution in [0.2, 0.25) is 0 Å². The summed E-state index contributed by atoms with van der Waals surface area (Å²) in [7, 11) is 0. The van der Waals surface area contributed by atoms with E-state index in [1.807, 2.05) is 0 Å². The van der Waals surface area contributed by atoms with Crippen LogP contribution < -0.4 is 5.32 Å². The zero-order chi connectivity index (χ0) is 21.9. The number of aliphatic hydroxyl groups is 2. The molecule has 0 aliphatic heterocycles. The van der Waals surface area contributed by atoms with Crippen molar-refractivity contribution in [2.45, 2.75) is 33.1 Å². The molecule has 0 heterocycles. The number of fused-ring (bicyclic) bond motifs is 3. The standard InChI is InChI=1S/C22H21NO7/c1-8(24)16-15(27)7-11-5-10-6-12-13(23-9(2)25)3-4-14(26)19(12)22(30)17(10)21(29)18(11)20(16)28/h3-4,10-11,18,26,28,30H,5-7H2,1-2H3,(H,23,25). The molecule has 3 aliphatic carbocycles. The van der Waals surface area contributed by atoms with Crippen molar-refractivity contribution >= 4 is 34.7 Å². The Balaban J connectivity index is 1.87. The molecule has 0 bridgehead atoms. The third-order valence-corrected chi connectivity index (χ3v) is 6.19. The van der Waals surface area contributed by atoms with E-state index in [9.17, 15) is 34.5 Å². The Morgan fingerprint density at radius 1 is 1.07 bits per heavy atom. The van der Waals surface area contributed by atoms with Crippen molar-refractivity contribution in [2.75, 3.05) is 5.32 Å². The summed E-state index contributed by atoms with van der Waals surface area (Å²) >= 11 is 0. The molecule has 1 amide bonds. The van der Waals surface area contributed by atoms with E-state index in [4.69, 9.17) is 0 Å². The SMILES string of the molecule is CC(=O)Nc1ccc(O)c2c1CC1CC3CC(=O)C(C(C)=O)=C(O)C3C(=O)C1=C2O. The largest absolute Gasteiger partial charge is 0.511 e. The number of anilines is 1. The molecular formula is C22H21NO7. The minimum atomic E-state index is -1.07. The van der Waals surface area contributed by atoms with Crippen LogP contribution in [0.15, 0.2) is 29.0 Å². The highest BCUT2D eigenvalue weighted by Gasteiger charge is 2.50. The molecule has 3 atom stereocenters. The lowest BCUT2D eigenvalue weighted by atomic mass is 9.61. The van der Waals surface area contributed by atoms with Crippen LogP contribution in [-0.4, -0.2) is 38.6 Å². The van der Waals surface area contributed by atoms with Crippen molar-refractivity contribution in [1.29, 1.82) is 0 Å². The van der Waals surface area contributed by atoms with Crippen LogP contribution in [0.4, 0.5) is 5.69 Å². The number of amides is 1. The Labute approximate surface area is 171 Å². The Kier molecular flexibility index (Phi) is 4.52. The molecular weight excluding hydrogens is 390 g/mol. The number of Topliss-reactive ketones (excluding diaryl/α,β-unsaturated/α-hetero) is 3. The molecule has 0 radical (unpaired) electrons. The highest BCUT2D eigenvalue weighted by atomic mass is 16.3. The molecule has 4 N–H and O–H groups in total. The van der Waals surface area contributed by atoms with E-state index in [1.54, 1.807) is 0 Å². The van der Waals surface area contributed by atoms with Crippen molar-refractivity contribution in [3.05, 3.63) is 40.2 Å². The van der Waals surface area contributed by atoms with Crippen molar-refractivity contribution in [3.63, 3.8) is 0 Å². The number of benzene rings is 1. The maximum atomic E-state index is 13.3. The lowest BCUT2D eigenvalue weighted by molar-refractivity contribution is -0.127. The van der Waals surface area contributed by atoms with Gasteiger partial charge in [0.1, 0.15) is 17.3 Å². The van der Waals surface area contributed by atoms with Gasteiger partial charge in [-0.15, -0.1) is 0 Å². The fourth-order valence-corrected chi connectivity index (χ4v) is 5.06. The first-order valence-corrected chi connectivity index (χ1v) is 9.69. The highest BCUT2D eigenvalue weighted by Crippen LogP contribution is 2.51. The Morgan fingerprint density at radius 3 is 2.40 bits per heavy atom. The van der Waals surface area contributed by atoms with Crippen LogP contribution in [0.5, 0.6) is 5.75 Å². The quantitative estimate of drug-likeness (QED) is 0.432. The third kappa shape index (κ3) is 2.82. The van der Waals surface area contributed by atoms with E-state index in [2.05, 4.69) is 5.32 Å².